The Morgan fingerprint density at radius 1 is 1.40 bits per heavy atom. The Morgan fingerprint density at radius 2 is 2.10 bits per heavy atom. The third-order valence-electron chi connectivity index (χ3n) is 3.87. The van der Waals surface area contributed by atoms with Crippen molar-refractivity contribution >= 4 is 11.5 Å². The number of nitrogens with zero attached hydrogens (tertiary/aromatic N) is 3. The second-order valence-corrected chi connectivity index (χ2v) is 5.32. The average Bonchev–Trinajstić information content (AvgIpc) is 2.90. The summed E-state index contributed by atoms with van der Waals surface area (Å²) in [6.45, 7) is 3.82. The molecule has 1 fully saturated rings. The van der Waals surface area contributed by atoms with Crippen LogP contribution >= 0.6 is 0 Å². The van der Waals surface area contributed by atoms with Crippen LogP contribution in [-0.2, 0) is 13.6 Å². The molecule has 20 heavy (non-hydrogen) atoms. The zero-order valence-corrected chi connectivity index (χ0v) is 12.0. The molecule has 1 aliphatic heterocycles. The number of nitrogen functional groups attached to an aromatic ring is 1. The van der Waals surface area contributed by atoms with Gasteiger partial charge < -0.3 is 15.7 Å². The van der Waals surface area contributed by atoms with E-state index in [4.69, 9.17) is 5.73 Å². The number of anilines is 2. The van der Waals surface area contributed by atoms with Crippen LogP contribution in [0.1, 0.15) is 19.8 Å². The minimum atomic E-state index is -0.379. The van der Waals surface area contributed by atoms with Crippen LogP contribution in [0.25, 0.3) is 0 Å². The van der Waals surface area contributed by atoms with E-state index in [-0.39, 0.29) is 29.6 Å². The quantitative estimate of drug-likeness (QED) is 0.766. The molecule has 0 aliphatic carbocycles. The topological polar surface area (TPSA) is 93.5 Å². The van der Waals surface area contributed by atoms with Crippen molar-refractivity contribution < 1.29 is 5.11 Å². The van der Waals surface area contributed by atoms with Crippen molar-refractivity contribution in [3.05, 3.63) is 20.8 Å². The molecule has 2 rings (SSSR count). The summed E-state index contributed by atoms with van der Waals surface area (Å²) >= 11 is 0. The number of hydrogen-bond donors (Lipinski definition) is 2. The van der Waals surface area contributed by atoms with Crippen molar-refractivity contribution in [3.63, 3.8) is 0 Å². The molecule has 0 spiro atoms. The molecule has 2 heterocycles. The predicted molar refractivity (Wildman–Crippen MR) is 78.1 cm³/mol. The molecule has 1 unspecified atom stereocenters. The SMILES string of the molecule is CCCn1c(N)c(N2CCC(CO)C2)c(=O)n(C)c1=O. The van der Waals surface area contributed by atoms with Crippen LogP contribution in [0.2, 0.25) is 0 Å². The second-order valence-electron chi connectivity index (χ2n) is 5.32. The maximum absolute atomic E-state index is 12.3. The van der Waals surface area contributed by atoms with Gasteiger partial charge >= 0.3 is 5.69 Å². The third kappa shape index (κ3) is 2.33. The number of aromatic nitrogens is 2. The Hall–Kier alpha value is -1.76. The van der Waals surface area contributed by atoms with Gasteiger partial charge in [0.05, 0.1) is 0 Å². The van der Waals surface area contributed by atoms with Crippen LogP contribution in [0.5, 0.6) is 0 Å². The van der Waals surface area contributed by atoms with Crippen molar-refractivity contribution in [3.8, 4) is 0 Å². The lowest BCUT2D eigenvalue weighted by molar-refractivity contribution is 0.238. The maximum atomic E-state index is 12.3. The molecule has 1 aromatic heterocycles. The molecular formula is C13H22N4O3. The molecule has 0 bridgehead atoms. The normalized spacial score (nSPS) is 18.8. The van der Waals surface area contributed by atoms with Crippen molar-refractivity contribution in [1.82, 2.24) is 9.13 Å². The van der Waals surface area contributed by atoms with Crippen molar-refractivity contribution in [2.24, 2.45) is 13.0 Å². The summed E-state index contributed by atoms with van der Waals surface area (Å²) in [5, 5.41) is 9.21. The lowest BCUT2D eigenvalue weighted by atomic mass is 10.1. The van der Waals surface area contributed by atoms with Gasteiger partial charge in [0.2, 0.25) is 0 Å². The minimum Gasteiger partial charge on any atom is -0.396 e. The average molecular weight is 282 g/mol. The van der Waals surface area contributed by atoms with Crippen LogP contribution < -0.4 is 21.9 Å². The van der Waals surface area contributed by atoms with Crippen LogP contribution in [-0.4, -0.2) is 33.9 Å². The molecule has 0 amide bonds. The summed E-state index contributed by atoms with van der Waals surface area (Å²) in [5.74, 6) is 0.393. The Morgan fingerprint density at radius 3 is 2.65 bits per heavy atom. The van der Waals surface area contributed by atoms with E-state index in [1.807, 2.05) is 11.8 Å². The molecule has 1 aromatic rings. The van der Waals surface area contributed by atoms with Crippen LogP contribution in [0, 0.1) is 5.92 Å². The summed E-state index contributed by atoms with van der Waals surface area (Å²) in [6.07, 6.45) is 1.59. The van der Waals surface area contributed by atoms with E-state index in [0.717, 1.165) is 17.4 Å². The monoisotopic (exact) mass is 282 g/mol. The standard InChI is InChI=1S/C13H22N4O3/c1-3-5-17-11(14)10(12(19)15(2)13(17)20)16-6-4-9(7-16)8-18/h9,18H,3-8,14H2,1-2H3. The molecule has 1 aliphatic rings. The molecule has 1 saturated heterocycles. The Kier molecular flexibility index (Phi) is 4.17. The van der Waals surface area contributed by atoms with Gasteiger partial charge in [-0.1, -0.05) is 6.92 Å². The Balaban J connectivity index is 2.53. The molecule has 7 heteroatoms. The van der Waals surface area contributed by atoms with E-state index in [2.05, 4.69) is 0 Å². The summed E-state index contributed by atoms with van der Waals surface area (Å²) in [6, 6.07) is 0. The molecular weight excluding hydrogens is 260 g/mol. The highest BCUT2D eigenvalue weighted by atomic mass is 16.3. The molecule has 1 atom stereocenters. The summed E-state index contributed by atoms with van der Waals surface area (Å²) in [7, 11) is 1.47. The highest BCUT2D eigenvalue weighted by Crippen LogP contribution is 2.24. The van der Waals surface area contributed by atoms with Gasteiger partial charge in [-0.05, 0) is 12.8 Å². The van der Waals surface area contributed by atoms with Gasteiger partial charge in [0.1, 0.15) is 11.5 Å². The predicted octanol–water partition coefficient (Wildman–Crippen LogP) is -0.642. The molecule has 0 saturated carbocycles. The van der Waals surface area contributed by atoms with Gasteiger partial charge in [-0.2, -0.15) is 0 Å². The number of hydrogen-bond acceptors (Lipinski definition) is 5. The van der Waals surface area contributed by atoms with Crippen LogP contribution in [0.4, 0.5) is 11.5 Å². The minimum absolute atomic E-state index is 0.102. The van der Waals surface area contributed by atoms with E-state index >= 15 is 0 Å². The fourth-order valence-electron chi connectivity index (χ4n) is 2.69. The van der Waals surface area contributed by atoms with E-state index in [1.165, 1.54) is 11.6 Å². The number of rotatable bonds is 4. The highest BCUT2D eigenvalue weighted by Gasteiger charge is 2.27. The zero-order chi connectivity index (χ0) is 14.9. The lowest BCUT2D eigenvalue weighted by Gasteiger charge is -2.22. The fraction of sp³-hybridized carbons (Fsp3) is 0.692. The number of aliphatic hydroxyl groups is 1. The first-order valence-corrected chi connectivity index (χ1v) is 6.96. The van der Waals surface area contributed by atoms with E-state index in [9.17, 15) is 14.7 Å². The van der Waals surface area contributed by atoms with Gasteiger partial charge in [0.25, 0.3) is 5.56 Å². The van der Waals surface area contributed by atoms with E-state index in [1.54, 1.807) is 0 Å². The largest absolute Gasteiger partial charge is 0.396 e. The van der Waals surface area contributed by atoms with E-state index in [0.29, 0.717) is 25.3 Å². The summed E-state index contributed by atoms with van der Waals surface area (Å²) in [4.78, 5) is 26.3. The molecule has 7 nitrogen and oxygen atoms in total. The lowest BCUT2D eigenvalue weighted by Crippen LogP contribution is -2.43. The number of aliphatic hydroxyl groups excluding tert-OH is 1. The highest BCUT2D eigenvalue weighted by molar-refractivity contribution is 5.63. The summed E-state index contributed by atoms with van der Waals surface area (Å²) in [5.41, 5.74) is 5.70. The van der Waals surface area contributed by atoms with Gasteiger partial charge in [0.15, 0.2) is 0 Å². The Labute approximate surface area is 117 Å². The van der Waals surface area contributed by atoms with Crippen molar-refractivity contribution in [2.75, 3.05) is 30.3 Å². The van der Waals surface area contributed by atoms with Gasteiger partial charge in [-0.15, -0.1) is 0 Å². The Bertz CT molecular complexity index is 605. The first kappa shape index (κ1) is 14.6. The fourth-order valence-corrected chi connectivity index (χ4v) is 2.69. The van der Waals surface area contributed by atoms with Crippen molar-refractivity contribution in [1.29, 1.82) is 0 Å². The molecule has 3 N–H and O–H groups in total. The summed E-state index contributed by atoms with van der Waals surface area (Å²) < 4.78 is 2.55. The van der Waals surface area contributed by atoms with Gasteiger partial charge in [0, 0.05) is 39.2 Å². The van der Waals surface area contributed by atoms with Gasteiger partial charge in [-0.3, -0.25) is 13.9 Å². The maximum Gasteiger partial charge on any atom is 0.332 e. The van der Waals surface area contributed by atoms with Crippen molar-refractivity contribution in [2.45, 2.75) is 26.3 Å². The smallest absolute Gasteiger partial charge is 0.332 e. The molecule has 112 valence electrons. The molecule has 0 radical (unpaired) electrons. The first-order chi connectivity index (χ1) is 9.51. The second kappa shape index (κ2) is 5.70. The van der Waals surface area contributed by atoms with Crippen LogP contribution in [0.3, 0.4) is 0 Å². The zero-order valence-electron chi connectivity index (χ0n) is 12.0. The number of nitrogens with two attached hydrogens (primary N) is 1. The van der Waals surface area contributed by atoms with E-state index < -0.39 is 0 Å². The first-order valence-electron chi connectivity index (χ1n) is 6.96. The molecule has 0 aromatic carbocycles. The van der Waals surface area contributed by atoms with Crippen LogP contribution in [0.15, 0.2) is 9.59 Å². The third-order valence-corrected chi connectivity index (χ3v) is 3.87. The van der Waals surface area contributed by atoms with Gasteiger partial charge in [-0.25, -0.2) is 4.79 Å².